The first-order valence-corrected chi connectivity index (χ1v) is 8.28. The van der Waals surface area contributed by atoms with Crippen LogP contribution in [-0.2, 0) is 11.3 Å². The lowest BCUT2D eigenvalue weighted by molar-refractivity contribution is -0.130. The minimum atomic E-state index is 0.168. The van der Waals surface area contributed by atoms with Crippen LogP contribution in [0.1, 0.15) is 25.0 Å². The van der Waals surface area contributed by atoms with E-state index < -0.39 is 0 Å². The Morgan fingerprint density at radius 1 is 0.913 bits per heavy atom. The molecule has 0 aliphatic heterocycles. The number of nitrogens with zero attached hydrogens (tertiary/aromatic N) is 2. The van der Waals surface area contributed by atoms with Crippen LogP contribution < -0.4 is 4.90 Å². The SMILES string of the molecule is CCN(Cc1ccccc1C)C(=O)CN(CC)c1ccccc1. The van der Waals surface area contributed by atoms with Crippen molar-refractivity contribution in [1.82, 2.24) is 4.90 Å². The fraction of sp³-hybridized carbons (Fsp3) is 0.350. The van der Waals surface area contributed by atoms with Crippen LogP contribution in [0.3, 0.4) is 0 Å². The number of carbonyl (C=O) groups excluding carboxylic acids is 1. The second kappa shape index (κ2) is 8.37. The zero-order valence-corrected chi connectivity index (χ0v) is 14.3. The molecule has 23 heavy (non-hydrogen) atoms. The van der Waals surface area contributed by atoms with Crippen LogP contribution in [0.5, 0.6) is 0 Å². The van der Waals surface area contributed by atoms with Crippen LogP contribution in [0.25, 0.3) is 0 Å². The summed E-state index contributed by atoms with van der Waals surface area (Å²) in [4.78, 5) is 16.8. The molecular formula is C20H26N2O. The third-order valence-corrected chi connectivity index (χ3v) is 4.19. The first-order valence-electron chi connectivity index (χ1n) is 8.28. The third-order valence-electron chi connectivity index (χ3n) is 4.19. The summed E-state index contributed by atoms with van der Waals surface area (Å²) in [6.45, 7) is 8.84. The molecule has 122 valence electrons. The highest BCUT2D eigenvalue weighted by atomic mass is 16.2. The molecule has 0 spiro atoms. The molecule has 0 aliphatic rings. The van der Waals surface area contributed by atoms with Crippen LogP contribution in [0, 0.1) is 6.92 Å². The number of hydrogen-bond acceptors (Lipinski definition) is 2. The Hall–Kier alpha value is -2.29. The summed E-state index contributed by atoms with van der Waals surface area (Å²) in [5.74, 6) is 0.168. The highest BCUT2D eigenvalue weighted by Gasteiger charge is 2.16. The van der Waals surface area contributed by atoms with Crippen LogP contribution in [0.15, 0.2) is 54.6 Å². The topological polar surface area (TPSA) is 23.6 Å². The smallest absolute Gasteiger partial charge is 0.242 e. The van der Waals surface area contributed by atoms with E-state index in [-0.39, 0.29) is 5.91 Å². The molecular weight excluding hydrogens is 284 g/mol. The Labute approximate surface area is 139 Å². The summed E-state index contributed by atoms with van der Waals surface area (Å²) in [5.41, 5.74) is 3.54. The summed E-state index contributed by atoms with van der Waals surface area (Å²) in [6.07, 6.45) is 0. The second-order valence-corrected chi connectivity index (χ2v) is 5.68. The number of aryl methyl sites for hydroxylation is 1. The van der Waals surface area contributed by atoms with Crippen molar-refractivity contribution in [2.24, 2.45) is 0 Å². The minimum absolute atomic E-state index is 0.168. The lowest BCUT2D eigenvalue weighted by Crippen LogP contribution is -2.40. The maximum absolute atomic E-state index is 12.7. The van der Waals surface area contributed by atoms with Gasteiger partial charge >= 0.3 is 0 Å². The van der Waals surface area contributed by atoms with E-state index in [1.54, 1.807) is 0 Å². The summed E-state index contributed by atoms with van der Waals surface area (Å²) in [7, 11) is 0. The Kier molecular flexibility index (Phi) is 6.21. The molecule has 0 bridgehead atoms. The Morgan fingerprint density at radius 3 is 2.17 bits per heavy atom. The molecule has 2 aromatic carbocycles. The maximum atomic E-state index is 12.7. The van der Waals surface area contributed by atoms with Crippen molar-refractivity contribution in [1.29, 1.82) is 0 Å². The molecule has 0 heterocycles. The molecule has 2 rings (SSSR count). The molecule has 0 N–H and O–H groups in total. The normalized spacial score (nSPS) is 10.4. The van der Waals surface area contributed by atoms with Crippen molar-refractivity contribution < 1.29 is 4.79 Å². The van der Waals surface area contributed by atoms with E-state index in [1.165, 1.54) is 11.1 Å². The molecule has 2 aromatic rings. The fourth-order valence-corrected chi connectivity index (χ4v) is 2.66. The molecule has 0 radical (unpaired) electrons. The van der Waals surface area contributed by atoms with E-state index in [2.05, 4.69) is 43.0 Å². The zero-order valence-electron chi connectivity index (χ0n) is 14.3. The van der Waals surface area contributed by atoms with Crippen LogP contribution in [0.4, 0.5) is 5.69 Å². The van der Waals surface area contributed by atoms with Crippen molar-refractivity contribution in [2.75, 3.05) is 24.5 Å². The second-order valence-electron chi connectivity index (χ2n) is 5.68. The van der Waals surface area contributed by atoms with Crippen molar-refractivity contribution >= 4 is 11.6 Å². The molecule has 3 heteroatoms. The van der Waals surface area contributed by atoms with Crippen LogP contribution in [0.2, 0.25) is 0 Å². The highest BCUT2D eigenvalue weighted by Crippen LogP contribution is 2.14. The van der Waals surface area contributed by atoms with E-state index in [0.29, 0.717) is 13.1 Å². The quantitative estimate of drug-likeness (QED) is 0.775. The fourth-order valence-electron chi connectivity index (χ4n) is 2.66. The Morgan fingerprint density at radius 2 is 1.57 bits per heavy atom. The Balaban J connectivity index is 2.06. The van der Waals surface area contributed by atoms with Crippen molar-refractivity contribution in [3.05, 3.63) is 65.7 Å². The first-order chi connectivity index (χ1) is 11.2. The molecule has 0 aromatic heterocycles. The number of para-hydroxylation sites is 1. The van der Waals surface area contributed by atoms with Gasteiger partial charge in [-0.15, -0.1) is 0 Å². The summed E-state index contributed by atoms with van der Waals surface area (Å²) in [5, 5.41) is 0. The van der Waals surface area contributed by atoms with Crippen LogP contribution >= 0.6 is 0 Å². The third kappa shape index (κ3) is 4.59. The first kappa shape index (κ1) is 17.1. The van der Waals surface area contributed by atoms with Crippen LogP contribution in [-0.4, -0.2) is 30.4 Å². The number of benzene rings is 2. The number of hydrogen-bond donors (Lipinski definition) is 0. The van der Waals surface area contributed by atoms with Gasteiger partial charge in [0.2, 0.25) is 5.91 Å². The molecule has 0 fully saturated rings. The molecule has 1 amide bonds. The molecule has 0 saturated carbocycles. The van der Waals surface area contributed by atoms with E-state index in [4.69, 9.17) is 0 Å². The van der Waals surface area contributed by atoms with Crippen molar-refractivity contribution in [3.8, 4) is 0 Å². The van der Waals surface area contributed by atoms with Gasteiger partial charge in [-0.05, 0) is 44.0 Å². The summed E-state index contributed by atoms with van der Waals surface area (Å²) < 4.78 is 0. The lowest BCUT2D eigenvalue weighted by atomic mass is 10.1. The highest BCUT2D eigenvalue weighted by molar-refractivity contribution is 5.81. The van der Waals surface area contributed by atoms with Crippen molar-refractivity contribution in [3.63, 3.8) is 0 Å². The van der Waals surface area contributed by atoms with Gasteiger partial charge in [-0.3, -0.25) is 4.79 Å². The summed E-state index contributed by atoms with van der Waals surface area (Å²) >= 11 is 0. The van der Waals surface area contributed by atoms with Gasteiger partial charge in [0.25, 0.3) is 0 Å². The van der Waals surface area contributed by atoms with Gasteiger partial charge in [0.1, 0.15) is 0 Å². The monoisotopic (exact) mass is 310 g/mol. The van der Waals surface area contributed by atoms with Gasteiger partial charge in [-0.2, -0.15) is 0 Å². The number of amides is 1. The van der Waals surface area contributed by atoms with E-state index in [0.717, 1.165) is 18.8 Å². The zero-order chi connectivity index (χ0) is 16.7. The predicted molar refractivity (Wildman–Crippen MR) is 96.6 cm³/mol. The minimum Gasteiger partial charge on any atom is -0.362 e. The van der Waals surface area contributed by atoms with E-state index >= 15 is 0 Å². The maximum Gasteiger partial charge on any atom is 0.242 e. The largest absolute Gasteiger partial charge is 0.362 e. The van der Waals surface area contributed by atoms with Crippen molar-refractivity contribution in [2.45, 2.75) is 27.3 Å². The molecule has 0 unspecified atom stereocenters. The Bertz CT molecular complexity index is 625. The molecule has 0 aliphatic carbocycles. The average Bonchev–Trinajstić information content (AvgIpc) is 2.59. The lowest BCUT2D eigenvalue weighted by Gasteiger charge is -2.28. The molecule has 0 atom stereocenters. The average molecular weight is 310 g/mol. The standard InChI is InChI=1S/C20H26N2O/c1-4-21(19-13-7-6-8-14-19)16-20(23)22(5-2)15-18-12-10-9-11-17(18)3/h6-14H,4-5,15-16H2,1-3H3. The molecule has 0 saturated heterocycles. The molecule has 3 nitrogen and oxygen atoms in total. The van der Waals surface area contributed by atoms with E-state index in [9.17, 15) is 4.79 Å². The van der Waals surface area contributed by atoms with Gasteiger partial charge in [0.05, 0.1) is 6.54 Å². The summed E-state index contributed by atoms with van der Waals surface area (Å²) in [6, 6.07) is 18.4. The predicted octanol–water partition coefficient (Wildman–Crippen LogP) is 3.87. The van der Waals surface area contributed by atoms with Gasteiger partial charge in [0, 0.05) is 25.3 Å². The number of likely N-dealkylation sites (N-methyl/N-ethyl adjacent to an activating group) is 2. The van der Waals surface area contributed by atoms with E-state index in [1.807, 2.05) is 42.2 Å². The number of rotatable bonds is 7. The number of carbonyl (C=O) groups is 1. The van der Waals surface area contributed by atoms with Gasteiger partial charge in [-0.25, -0.2) is 0 Å². The van der Waals surface area contributed by atoms with Gasteiger partial charge in [-0.1, -0.05) is 42.5 Å². The van der Waals surface area contributed by atoms with Gasteiger partial charge < -0.3 is 9.80 Å². The van der Waals surface area contributed by atoms with Gasteiger partial charge in [0.15, 0.2) is 0 Å². The number of anilines is 1.